The summed E-state index contributed by atoms with van der Waals surface area (Å²) in [6, 6.07) is 0.937. The van der Waals surface area contributed by atoms with Crippen molar-refractivity contribution in [3.05, 3.63) is 17.5 Å². The van der Waals surface area contributed by atoms with Crippen molar-refractivity contribution >= 4 is 11.7 Å². The van der Waals surface area contributed by atoms with Gasteiger partial charge in [0.15, 0.2) is 17.3 Å². The molecule has 0 aliphatic rings. The maximum atomic E-state index is 12.0. The molecule has 0 aliphatic carbocycles. The molecule has 0 radical (unpaired) electrons. The lowest BCUT2D eigenvalue weighted by Crippen LogP contribution is -2.43. The lowest BCUT2D eigenvalue weighted by Gasteiger charge is -2.22. The van der Waals surface area contributed by atoms with Gasteiger partial charge in [-0.3, -0.25) is 4.79 Å². The molecule has 1 heterocycles. The molecule has 0 saturated heterocycles. The second-order valence-electron chi connectivity index (χ2n) is 3.73. The van der Waals surface area contributed by atoms with Crippen LogP contribution in [0.3, 0.4) is 0 Å². The predicted octanol–water partition coefficient (Wildman–Crippen LogP) is 0.0279. The molecule has 8 heteroatoms. The number of amidine groups is 1. The van der Waals surface area contributed by atoms with Gasteiger partial charge in [0, 0.05) is 20.2 Å². The Morgan fingerprint density at radius 1 is 1.78 bits per heavy atom. The molecule has 0 saturated carbocycles. The van der Waals surface area contributed by atoms with Gasteiger partial charge in [-0.1, -0.05) is 10.3 Å². The number of oxime groups is 1. The van der Waals surface area contributed by atoms with Gasteiger partial charge in [0.25, 0.3) is 5.91 Å². The minimum Gasteiger partial charge on any atom is -0.409 e. The number of hydrogen-bond acceptors (Lipinski definition) is 6. The molecule has 0 spiro atoms. The minimum absolute atomic E-state index is 0.0635. The van der Waals surface area contributed by atoms with Gasteiger partial charge in [-0.2, -0.15) is 0 Å². The van der Waals surface area contributed by atoms with E-state index in [1.807, 2.05) is 0 Å². The maximum Gasteiger partial charge on any atom is 0.276 e. The number of likely N-dealkylation sites (N-methyl/N-ethyl adjacent to an activating group) is 1. The largest absolute Gasteiger partial charge is 0.409 e. The van der Waals surface area contributed by atoms with E-state index in [4.69, 9.17) is 20.2 Å². The fourth-order valence-electron chi connectivity index (χ4n) is 1.26. The van der Waals surface area contributed by atoms with Crippen molar-refractivity contribution in [1.82, 2.24) is 10.1 Å². The van der Waals surface area contributed by atoms with Crippen molar-refractivity contribution < 1.29 is 19.3 Å². The fourth-order valence-corrected chi connectivity index (χ4v) is 1.26. The van der Waals surface area contributed by atoms with E-state index in [9.17, 15) is 4.79 Å². The maximum absolute atomic E-state index is 12.0. The average Bonchev–Trinajstić information content (AvgIpc) is 2.84. The van der Waals surface area contributed by atoms with Crippen LogP contribution in [0, 0.1) is 0 Å². The molecule has 0 aliphatic heterocycles. The second kappa shape index (κ2) is 6.01. The van der Waals surface area contributed by atoms with Crippen LogP contribution in [0.15, 0.2) is 15.7 Å². The van der Waals surface area contributed by atoms with Gasteiger partial charge >= 0.3 is 0 Å². The van der Waals surface area contributed by atoms with Crippen molar-refractivity contribution in [2.75, 3.05) is 14.2 Å². The summed E-state index contributed by atoms with van der Waals surface area (Å²) in [5.41, 5.74) is 5.57. The van der Waals surface area contributed by atoms with Crippen LogP contribution >= 0.6 is 0 Å². The van der Waals surface area contributed by atoms with Crippen LogP contribution in [-0.2, 0) is 11.3 Å². The molecule has 1 atom stereocenters. The van der Waals surface area contributed by atoms with Gasteiger partial charge in [-0.25, -0.2) is 0 Å². The highest BCUT2D eigenvalue weighted by atomic mass is 16.5. The Balaban J connectivity index is 2.79. The normalized spacial score (nSPS) is 13.4. The third kappa shape index (κ3) is 2.98. The highest BCUT2D eigenvalue weighted by Gasteiger charge is 2.23. The Bertz CT molecular complexity index is 443. The van der Waals surface area contributed by atoms with Crippen LogP contribution in [0.4, 0.5) is 0 Å². The smallest absolute Gasteiger partial charge is 0.276 e. The molecule has 8 nitrogen and oxygen atoms in total. The number of amides is 1. The lowest BCUT2D eigenvalue weighted by molar-refractivity contribution is 0.0765. The molecule has 3 N–H and O–H groups in total. The van der Waals surface area contributed by atoms with Gasteiger partial charge in [0.2, 0.25) is 0 Å². The molecule has 1 amide bonds. The van der Waals surface area contributed by atoms with Gasteiger partial charge in [0.05, 0.1) is 6.04 Å². The number of nitrogens with two attached hydrogens (primary N) is 1. The summed E-state index contributed by atoms with van der Waals surface area (Å²) in [5, 5.41) is 15.0. The summed E-state index contributed by atoms with van der Waals surface area (Å²) in [5.74, 6) is -0.00244. The van der Waals surface area contributed by atoms with Crippen molar-refractivity contribution in [1.29, 1.82) is 0 Å². The summed E-state index contributed by atoms with van der Waals surface area (Å²) >= 11 is 0. The summed E-state index contributed by atoms with van der Waals surface area (Å²) in [7, 11) is 3.03. The molecule has 0 bridgehead atoms. The molecule has 1 aromatic rings. The van der Waals surface area contributed by atoms with Crippen LogP contribution in [0.5, 0.6) is 0 Å². The van der Waals surface area contributed by atoms with Crippen LogP contribution in [-0.4, -0.2) is 47.2 Å². The number of carbonyl (C=O) groups excluding carboxylic acids is 1. The quantitative estimate of drug-likeness (QED) is 0.332. The third-order valence-electron chi connectivity index (χ3n) is 2.51. The van der Waals surface area contributed by atoms with Crippen LogP contribution in [0.25, 0.3) is 0 Å². The molecule has 1 unspecified atom stereocenters. The van der Waals surface area contributed by atoms with Crippen molar-refractivity contribution in [2.45, 2.75) is 19.6 Å². The van der Waals surface area contributed by atoms with Gasteiger partial charge in [-0.05, 0) is 6.92 Å². The van der Waals surface area contributed by atoms with Crippen molar-refractivity contribution in [3.8, 4) is 0 Å². The summed E-state index contributed by atoms with van der Waals surface area (Å²) in [6.45, 7) is 1.86. The number of hydrogen-bond donors (Lipinski definition) is 2. The first-order chi connectivity index (χ1) is 8.51. The van der Waals surface area contributed by atoms with Crippen LogP contribution < -0.4 is 5.73 Å². The summed E-state index contributed by atoms with van der Waals surface area (Å²) < 4.78 is 9.76. The van der Waals surface area contributed by atoms with Crippen molar-refractivity contribution in [2.24, 2.45) is 10.9 Å². The fraction of sp³-hybridized carbons (Fsp3) is 0.500. The molecule has 1 aromatic heterocycles. The Hall–Kier alpha value is -2.09. The van der Waals surface area contributed by atoms with E-state index in [-0.39, 0.29) is 24.0 Å². The minimum atomic E-state index is -0.551. The van der Waals surface area contributed by atoms with Crippen LogP contribution in [0.1, 0.15) is 23.2 Å². The molecule has 18 heavy (non-hydrogen) atoms. The number of nitrogens with zero attached hydrogens (tertiary/aromatic N) is 3. The highest BCUT2D eigenvalue weighted by Crippen LogP contribution is 2.09. The zero-order valence-corrected chi connectivity index (χ0v) is 10.5. The highest BCUT2D eigenvalue weighted by molar-refractivity contribution is 5.96. The van der Waals surface area contributed by atoms with E-state index < -0.39 is 6.04 Å². The first-order valence-corrected chi connectivity index (χ1v) is 5.20. The SMILES string of the molecule is COCc1cc(C(=O)N(C)C(C)C(N)=NO)no1. The van der Waals surface area contributed by atoms with E-state index in [1.165, 1.54) is 25.1 Å². The average molecular weight is 256 g/mol. The number of methoxy groups -OCH3 is 1. The molecule has 100 valence electrons. The van der Waals surface area contributed by atoms with E-state index in [0.29, 0.717) is 5.76 Å². The molecular weight excluding hydrogens is 240 g/mol. The first-order valence-electron chi connectivity index (χ1n) is 5.20. The second-order valence-corrected chi connectivity index (χ2v) is 3.73. The summed E-state index contributed by atoms with van der Waals surface area (Å²) in [4.78, 5) is 13.3. The van der Waals surface area contributed by atoms with E-state index in [1.54, 1.807) is 6.92 Å². The van der Waals surface area contributed by atoms with Crippen LogP contribution in [0.2, 0.25) is 0 Å². The third-order valence-corrected chi connectivity index (χ3v) is 2.51. The molecule has 0 fully saturated rings. The molecular formula is C10H16N4O4. The molecule has 1 rings (SSSR count). The first kappa shape index (κ1) is 14.0. The monoisotopic (exact) mass is 256 g/mol. The predicted molar refractivity (Wildman–Crippen MR) is 62.2 cm³/mol. The van der Waals surface area contributed by atoms with Gasteiger partial charge in [0.1, 0.15) is 6.61 Å². The molecule has 0 aromatic carbocycles. The number of aromatic nitrogens is 1. The Kier molecular flexibility index (Phi) is 4.67. The van der Waals surface area contributed by atoms with E-state index in [2.05, 4.69) is 10.3 Å². The Morgan fingerprint density at radius 3 is 3.00 bits per heavy atom. The number of rotatable bonds is 5. The van der Waals surface area contributed by atoms with Gasteiger partial charge < -0.3 is 25.1 Å². The number of carbonyl (C=O) groups is 1. The topological polar surface area (TPSA) is 114 Å². The number of ether oxygens (including phenoxy) is 1. The Labute approximate surface area is 104 Å². The Morgan fingerprint density at radius 2 is 2.44 bits per heavy atom. The van der Waals surface area contributed by atoms with Crippen molar-refractivity contribution in [3.63, 3.8) is 0 Å². The van der Waals surface area contributed by atoms with E-state index in [0.717, 1.165) is 0 Å². The summed E-state index contributed by atoms with van der Waals surface area (Å²) in [6.07, 6.45) is 0. The van der Waals surface area contributed by atoms with E-state index >= 15 is 0 Å². The van der Waals surface area contributed by atoms with Gasteiger partial charge in [-0.15, -0.1) is 0 Å². The zero-order valence-electron chi connectivity index (χ0n) is 10.5. The lowest BCUT2D eigenvalue weighted by atomic mass is 10.2. The standard InChI is InChI=1S/C10H16N4O4/c1-6(9(11)12-16)14(2)10(15)8-4-7(5-17-3)18-13-8/h4,6,16H,5H2,1-3H3,(H2,11,12). The zero-order chi connectivity index (χ0) is 13.7.